The lowest BCUT2D eigenvalue weighted by Gasteiger charge is -2.04. The van der Waals surface area contributed by atoms with Crippen molar-refractivity contribution in [3.05, 3.63) is 59.4 Å². The smallest absolute Gasteiger partial charge is 0.296 e. The Kier molecular flexibility index (Phi) is 3.43. The third-order valence-corrected chi connectivity index (χ3v) is 3.33. The molecule has 3 rings (SSSR count). The Morgan fingerprint density at radius 2 is 1.86 bits per heavy atom. The number of aromatic nitrogens is 2. The van der Waals surface area contributed by atoms with Crippen LogP contribution in [-0.4, -0.2) is 21.6 Å². The molecular formula is C15H9ClF2N2O. The number of hydrogen-bond acceptors (Lipinski definition) is 2. The highest BCUT2D eigenvalue weighted by Gasteiger charge is 2.26. The van der Waals surface area contributed by atoms with Crippen molar-refractivity contribution in [2.45, 2.75) is 6.43 Å². The molecule has 0 radical (unpaired) electrons. The van der Waals surface area contributed by atoms with Gasteiger partial charge in [0.1, 0.15) is 17.0 Å². The van der Waals surface area contributed by atoms with Crippen LogP contribution in [0.4, 0.5) is 8.78 Å². The summed E-state index contributed by atoms with van der Waals surface area (Å²) in [6, 6.07) is 11.6. The molecule has 2 aromatic heterocycles. The molecule has 6 heteroatoms. The number of halogens is 3. The molecule has 0 fully saturated rings. The largest absolute Gasteiger partial charge is 0.302 e. The molecule has 3 aromatic rings. The number of alkyl halides is 2. The highest BCUT2D eigenvalue weighted by molar-refractivity contribution is 6.30. The van der Waals surface area contributed by atoms with Crippen molar-refractivity contribution in [1.82, 2.24) is 9.38 Å². The van der Waals surface area contributed by atoms with Crippen LogP contribution >= 0.6 is 11.6 Å². The number of benzene rings is 1. The Bertz CT molecular complexity index is 812. The quantitative estimate of drug-likeness (QED) is 0.683. The minimum absolute atomic E-state index is 0.122. The zero-order chi connectivity index (χ0) is 15.0. The van der Waals surface area contributed by atoms with Crippen LogP contribution in [-0.2, 0) is 0 Å². The number of ketones is 1. The molecule has 2 heterocycles. The van der Waals surface area contributed by atoms with E-state index in [1.807, 2.05) is 0 Å². The van der Waals surface area contributed by atoms with Crippen LogP contribution in [0.25, 0.3) is 16.9 Å². The third kappa shape index (κ3) is 2.40. The Labute approximate surface area is 123 Å². The van der Waals surface area contributed by atoms with Gasteiger partial charge in [-0.25, -0.2) is 13.8 Å². The van der Waals surface area contributed by atoms with Crippen molar-refractivity contribution in [3.8, 4) is 11.3 Å². The fourth-order valence-corrected chi connectivity index (χ4v) is 2.27. The number of hydrogen-bond donors (Lipinski definition) is 0. The molecule has 0 spiro atoms. The van der Waals surface area contributed by atoms with E-state index in [2.05, 4.69) is 4.98 Å². The van der Waals surface area contributed by atoms with E-state index in [0.29, 0.717) is 16.2 Å². The molecule has 0 saturated carbocycles. The van der Waals surface area contributed by atoms with E-state index in [1.165, 1.54) is 10.6 Å². The Hall–Kier alpha value is -2.27. The first-order valence-corrected chi connectivity index (χ1v) is 6.51. The van der Waals surface area contributed by atoms with Crippen molar-refractivity contribution in [2.24, 2.45) is 0 Å². The molecule has 0 N–H and O–H groups in total. The SMILES string of the molecule is O=C(c1c(-c2ccc(Cl)cc2)nc2ccccn12)C(F)F. The van der Waals surface area contributed by atoms with Crippen LogP contribution in [0.5, 0.6) is 0 Å². The van der Waals surface area contributed by atoms with E-state index >= 15 is 0 Å². The molecule has 0 aliphatic rings. The van der Waals surface area contributed by atoms with Gasteiger partial charge in [-0.2, -0.15) is 0 Å². The predicted molar refractivity (Wildman–Crippen MR) is 76.0 cm³/mol. The normalized spacial score (nSPS) is 11.2. The van der Waals surface area contributed by atoms with Crippen LogP contribution in [0.15, 0.2) is 48.7 Å². The first kappa shape index (κ1) is 13.7. The molecule has 0 unspecified atom stereocenters. The molecular weight excluding hydrogens is 298 g/mol. The molecule has 1 aromatic carbocycles. The molecule has 106 valence electrons. The summed E-state index contributed by atoms with van der Waals surface area (Å²) in [4.78, 5) is 16.1. The van der Waals surface area contributed by atoms with Crippen molar-refractivity contribution in [3.63, 3.8) is 0 Å². The Morgan fingerprint density at radius 3 is 2.52 bits per heavy atom. The third-order valence-electron chi connectivity index (χ3n) is 3.08. The van der Waals surface area contributed by atoms with Gasteiger partial charge in [0.25, 0.3) is 0 Å². The van der Waals surface area contributed by atoms with Crippen LogP contribution in [0.3, 0.4) is 0 Å². The lowest BCUT2D eigenvalue weighted by atomic mass is 10.1. The van der Waals surface area contributed by atoms with Crippen LogP contribution in [0.1, 0.15) is 10.5 Å². The predicted octanol–water partition coefficient (Wildman–Crippen LogP) is 4.10. The summed E-state index contributed by atoms with van der Waals surface area (Å²) in [7, 11) is 0. The number of nitrogens with zero attached hydrogens (tertiary/aromatic N) is 2. The summed E-state index contributed by atoms with van der Waals surface area (Å²) in [5.74, 6) is -1.25. The number of carbonyl (C=O) groups is 1. The maximum atomic E-state index is 12.9. The average molecular weight is 307 g/mol. The van der Waals surface area contributed by atoms with E-state index in [4.69, 9.17) is 11.6 Å². The van der Waals surface area contributed by atoms with Gasteiger partial charge in [-0.3, -0.25) is 9.20 Å². The topological polar surface area (TPSA) is 34.4 Å². The molecule has 0 atom stereocenters. The van der Waals surface area contributed by atoms with E-state index in [1.54, 1.807) is 42.5 Å². The second-order valence-electron chi connectivity index (χ2n) is 4.41. The summed E-state index contributed by atoms with van der Waals surface area (Å²) < 4.78 is 27.1. The molecule has 0 saturated heterocycles. The lowest BCUT2D eigenvalue weighted by Crippen LogP contribution is -2.14. The van der Waals surface area contributed by atoms with Gasteiger partial charge in [-0.1, -0.05) is 29.8 Å². The van der Waals surface area contributed by atoms with E-state index in [0.717, 1.165) is 0 Å². The minimum atomic E-state index is -3.09. The van der Waals surface area contributed by atoms with Gasteiger partial charge in [-0.15, -0.1) is 0 Å². The molecule has 0 bridgehead atoms. The molecule has 0 aliphatic heterocycles. The van der Waals surface area contributed by atoms with E-state index < -0.39 is 12.2 Å². The van der Waals surface area contributed by atoms with Gasteiger partial charge in [0.2, 0.25) is 5.78 Å². The number of pyridine rings is 1. The van der Waals surface area contributed by atoms with Crippen molar-refractivity contribution in [2.75, 3.05) is 0 Å². The standard InChI is InChI=1S/C15H9ClF2N2O/c16-10-6-4-9(5-7-10)12-13(14(21)15(17)18)20-8-2-1-3-11(20)19-12/h1-8,15H. The van der Waals surface area contributed by atoms with Gasteiger partial charge in [0.05, 0.1) is 0 Å². The summed E-state index contributed by atoms with van der Waals surface area (Å²) in [5, 5.41) is 0.518. The number of carbonyl (C=O) groups excluding carboxylic acids is 1. The van der Waals surface area contributed by atoms with Crippen LogP contribution in [0, 0.1) is 0 Å². The van der Waals surface area contributed by atoms with Crippen molar-refractivity contribution in [1.29, 1.82) is 0 Å². The first-order chi connectivity index (χ1) is 10.1. The maximum Gasteiger partial charge on any atom is 0.302 e. The second kappa shape index (κ2) is 5.26. The first-order valence-electron chi connectivity index (χ1n) is 6.13. The van der Waals surface area contributed by atoms with E-state index in [9.17, 15) is 13.6 Å². The number of imidazole rings is 1. The van der Waals surface area contributed by atoms with E-state index in [-0.39, 0.29) is 11.4 Å². The molecule has 0 aliphatic carbocycles. The second-order valence-corrected chi connectivity index (χ2v) is 4.85. The summed E-state index contributed by atoms with van der Waals surface area (Å²) in [5.41, 5.74) is 1.10. The van der Waals surface area contributed by atoms with Gasteiger partial charge in [0, 0.05) is 16.8 Å². The number of rotatable bonds is 3. The fourth-order valence-electron chi connectivity index (χ4n) is 2.14. The molecule has 3 nitrogen and oxygen atoms in total. The zero-order valence-corrected chi connectivity index (χ0v) is 11.4. The summed E-state index contributed by atoms with van der Waals surface area (Å²) in [6.07, 6.45) is -1.55. The number of Topliss-reactive ketones (excluding diaryl/α,β-unsaturated/α-hetero) is 1. The highest BCUT2D eigenvalue weighted by Crippen LogP contribution is 2.27. The fraction of sp³-hybridized carbons (Fsp3) is 0.0667. The molecule has 0 amide bonds. The molecule has 21 heavy (non-hydrogen) atoms. The lowest BCUT2D eigenvalue weighted by molar-refractivity contribution is 0.0673. The maximum absolute atomic E-state index is 12.9. The summed E-state index contributed by atoms with van der Waals surface area (Å²) in [6.45, 7) is 0. The van der Waals surface area contributed by atoms with Crippen molar-refractivity contribution >= 4 is 23.0 Å². The average Bonchev–Trinajstić information content (AvgIpc) is 2.86. The van der Waals surface area contributed by atoms with Gasteiger partial charge < -0.3 is 0 Å². The van der Waals surface area contributed by atoms with Crippen molar-refractivity contribution < 1.29 is 13.6 Å². The Morgan fingerprint density at radius 1 is 1.14 bits per heavy atom. The Balaban J connectivity index is 2.28. The monoisotopic (exact) mass is 306 g/mol. The van der Waals surface area contributed by atoms with Crippen LogP contribution < -0.4 is 0 Å². The summed E-state index contributed by atoms with van der Waals surface area (Å²) >= 11 is 5.82. The van der Waals surface area contributed by atoms with Crippen LogP contribution in [0.2, 0.25) is 5.02 Å². The number of fused-ring (bicyclic) bond motifs is 1. The van der Waals surface area contributed by atoms with Gasteiger partial charge in [-0.05, 0) is 24.3 Å². The minimum Gasteiger partial charge on any atom is -0.296 e. The van der Waals surface area contributed by atoms with Gasteiger partial charge in [0.15, 0.2) is 0 Å². The van der Waals surface area contributed by atoms with Gasteiger partial charge >= 0.3 is 6.43 Å². The highest BCUT2D eigenvalue weighted by atomic mass is 35.5. The zero-order valence-electron chi connectivity index (χ0n) is 10.6.